The monoisotopic (exact) mass is 458 g/mol. The Morgan fingerprint density at radius 3 is 2.24 bits per heavy atom. The Kier molecular flexibility index (Phi) is 7.54. The largest absolute Gasteiger partial charge is 0.493 e. The second kappa shape index (κ2) is 10.5. The van der Waals surface area contributed by atoms with Gasteiger partial charge in [0.05, 0.1) is 31.6 Å². The Labute approximate surface area is 190 Å². The van der Waals surface area contributed by atoms with E-state index in [2.05, 4.69) is 10.2 Å². The van der Waals surface area contributed by atoms with E-state index < -0.39 is 17.1 Å². The zero-order chi connectivity index (χ0) is 24.0. The maximum atomic E-state index is 12.9. The van der Waals surface area contributed by atoms with E-state index >= 15 is 0 Å². The number of non-ortho nitro benzene ring substituents is 1. The van der Waals surface area contributed by atoms with Crippen LogP contribution in [0.5, 0.6) is 11.5 Å². The molecule has 0 aromatic heterocycles. The number of hydrogen-bond donors (Lipinski definition) is 2. The van der Waals surface area contributed by atoms with Crippen LogP contribution in [0.15, 0.2) is 42.5 Å². The van der Waals surface area contributed by atoms with Gasteiger partial charge in [-0.25, -0.2) is 4.79 Å². The van der Waals surface area contributed by atoms with Crippen molar-refractivity contribution in [2.45, 2.75) is 12.5 Å². The number of nitro benzene ring substituents is 1. The minimum atomic E-state index is -1.27. The van der Waals surface area contributed by atoms with E-state index in [9.17, 15) is 24.8 Å². The van der Waals surface area contributed by atoms with Crippen LogP contribution in [0, 0.1) is 10.1 Å². The zero-order valence-corrected chi connectivity index (χ0v) is 18.4. The first-order valence-corrected chi connectivity index (χ1v) is 10.3. The average molecular weight is 458 g/mol. The fourth-order valence-electron chi connectivity index (χ4n) is 3.77. The third kappa shape index (κ3) is 5.82. The lowest BCUT2D eigenvalue weighted by molar-refractivity contribution is -0.384. The SMILES string of the molecule is COc1ccc(N2CCN(C(=O)CC(NC(=O)O)c3ccc([N+](=O)[O-])cc3)CC2)cc1OC. The van der Waals surface area contributed by atoms with Gasteiger partial charge in [0.1, 0.15) is 0 Å². The van der Waals surface area contributed by atoms with Crippen molar-refractivity contribution >= 4 is 23.4 Å². The van der Waals surface area contributed by atoms with Crippen LogP contribution in [0.4, 0.5) is 16.2 Å². The van der Waals surface area contributed by atoms with Gasteiger partial charge in [0.25, 0.3) is 5.69 Å². The lowest BCUT2D eigenvalue weighted by Gasteiger charge is -2.37. The number of nitrogens with zero attached hydrogens (tertiary/aromatic N) is 3. The number of hydrogen-bond acceptors (Lipinski definition) is 7. The Bertz CT molecular complexity index is 1000. The molecule has 0 bridgehead atoms. The maximum Gasteiger partial charge on any atom is 0.405 e. The minimum Gasteiger partial charge on any atom is -0.493 e. The molecule has 0 aliphatic carbocycles. The highest BCUT2D eigenvalue weighted by molar-refractivity contribution is 5.78. The van der Waals surface area contributed by atoms with Crippen LogP contribution < -0.4 is 19.7 Å². The van der Waals surface area contributed by atoms with Crippen LogP contribution in [0.25, 0.3) is 0 Å². The summed E-state index contributed by atoms with van der Waals surface area (Å²) in [5, 5.41) is 22.4. The molecule has 1 aliphatic rings. The number of carbonyl (C=O) groups excluding carboxylic acids is 1. The molecule has 1 aliphatic heterocycles. The number of carboxylic acid groups (broad SMARTS) is 1. The zero-order valence-electron chi connectivity index (χ0n) is 18.4. The topological polar surface area (TPSA) is 134 Å². The molecule has 1 unspecified atom stereocenters. The third-order valence-corrected chi connectivity index (χ3v) is 5.55. The quantitative estimate of drug-likeness (QED) is 0.455. The Morgan fingerprint density at radius 2 is 1.70 bits per heavy atom. The van der Waals surface area contributed by atoms with Crippen LogP contribution >= 0.6 is 0 Å². The Hall–Kier alpha value is -4.02. The van der Waals surface area contributed by atoms with Crippen LogP contribution in [0.2, 0.25) is 0 Å². The predicted molar refractivity (Wildman–Crippen MR) is 120 cm³/mol. The van der Waals surface area contributed by atoms with E-state index in [4.69, 9.17) is 9.47 Å². The molecule has 1 saturated heterocycles. The van der Waals surface area contributed by atoms with Gasteiger partial charge in [-0.2, -0.15) is 0 Å². The predicted octanol–water partition coefficient (Wildman–Crippen LogP) is 2.66. The van der Waals surface area contributed by atoms with Gasteiger partial charge in [0.15, 0.2) is 11.5 Å². The molecule has 0 radical (unpaired) electrons. The molecule has 11 heteroatoms. The van der Waals surface area contributed by atoms with Gasteiger partial charge in [0.2, 0.25) is 5.91 Å². The fraction of sp³-hybridized carbons (Fsp3) is 0.364. The van der Waals surface area contributed by atoms with Gasteiger partial charge in [-0.05, 0) is 17.7 Å². The van der Waals surface area contributed by atoms with Gasteiger partial charge < -0.3 is 29.7 Å². The van der Waals surface area contributed by atoms with Crippen molar-refractivity contribution < 1.29 is 29.1 Å². The number of carbonyl (C=O) groups is 2. The average Bonchev–Trinajstić information content (AvgIpc) is 2.83. The number of nitrogens with one attached hydrogen (secondary N) is 1. The molecule has 1 atom stereocenters. The molecule has 2 aromatic rings. The second-order valence-electron chi connectivity index (χ2n) is 7.46. The van der Waals surface area contributed by atoms with Gasteiger partial charge in [-0.1, -0.05) is 12.1 Å². The first-order chi connectivity index (χ1) is 15.8. The molecular formula is C22H26N4O7. The maximum absolute atomic E-state index is 12.9. The number of anilines is 1. The standard InChI is InChI=1S/C22H26N4O7/c1-32-19-8-7-17(13-20(19)33-2)24-9-11-25(12-10-24)21(27)14-18(23-22(28)29)15-3-5-16(6-4-15)26(30)31/h3-8,13,18,23H,9-12,14H2,1-2H3,(H,28,29). The summed E-state index contributed by atoms with van der Waals surface area (Å²) in [5.74, 6) is 1.07. The number of ether oxygens (including phenoxy) is 2. The van der Waals surface area contributed by atoms with Crippen molar-refractivity contribution in [3.63, 3.8) is 0 Å². The van der Waals surface area contributed by atoms with E-state index in [-0.39, 0.29) is 18.0 Å². The highest BCUT2D eigenvalue weighted by atomic mass is 16.6. The highest BCUT2D eigenvalue weighted by Crippen LogP contribution is 2.32. The summed E-state index contributed by atoms with van der Waals surface area (Å²) in [6.45, 7) is 2.17. The van der Waals surface area contributed by atoms with Crippen molar-refractivity contribution in [2.24, 2.45) is 0 Å². The van der Waals surface area contributed by atoms with Gasteiger partial charge in [0, 0.05) is 50.1 Å². The number of rotatable bonds is 8. The van der Waals surface area contributed by atoms with Crippen LogP contribution in [-0.4, -0.2) is 67.3 Å². The lowest BCUT2D eigenvalue weighted by atomic mass is 10.0. The highest BCUT2D eigenvalue weighted by Gasteiger charge is 2.26. The number of piperazine rings is 1. The molecule has 11 nitrogen and oxygen atoms in total. The van der Waals surface area contributed by atoms with Crippen LogP contribution in [0.1, 0.15) is 18.0 Å². The van der Waals surface area contributed by atoms with Crippen molar-refractivity contribution in [1.29, 1.82) is 0 Å². The smallest absolute Gasteiger partial charge is 0.405 e. The van der Waals surface area contributed by atoms with E-state index in [1.54, 1.807) is 19.1 Å². The Morgan fingerprint density at radius 1 is 1.06 bits per heavy atom. The molecule has 0 spiro atoms. The summed E-state index contributed by atoms with van der Waals surface area (Å²) >= 11 is 0. The molecule has 176 valence electrons. The molecule has 2 aromatic carbocycles. The minimum absolute atomic E-state index is 0.0829. The first kappa shape index (κ1) is 23.6. The van der Waals surface area contributed by atoms with E-state index in [1.807, 2.05) is 18.2 Å². The molecule has 2 amide bonds. The van der Waals surface area contributed by atoms with Gasteiger partial charge in [-0.3, -0.25) is 14.9 Å². The number of benzene rings is 2. The van der Waals surface area contributed by atoms with Gasteiger partial charge in [-0.15, -0.1) is 0 Å². The summed E-state index contributed by atoms with van der Waals surface area (Å²) in [5.41, 5.74) is 1.33. The summed E-state index contributed by atoms with van der Waals surface area (Å²) in [7, 11) is 3.15. The van der Waals surface area contributed by atoms with E-state index in [1.165, 1.54) is 24.3 Å². The van der Waals surface area contributed by atoms with Crippen molar-refractivity contribution in [2.75, 3.05) is 45.3 Å². The second-order valence-corrected chi connectivity index (χ2v) is 7.46. The van der Waals surface area contributed by atoms with E-state index in [0.717, 1.165) is 5.69 Å². The molecule has 1 heterocycles. The van der Waals surface area contributed by atoms with Crippen LogP contribution in [-0.2, 0) is 4.79 Å². The summed E-state index contributed by atoms with van der Waals surface area (Å²) in [6, 6.07) is 10.3. The normalized spacial score (nSPS) is 14.4. The molecular weight excluding hydrogens is 432 g/mol. The first-order valence-electron chi connectivity index (χ1n) is 10.3. The van der Waals surface area contributed by atoms with Crippen LogP contribution in [0.3, 0.4) is 0 Å². The summed E-state index contributed by atoms with van der Waals surface area (Å²) < 4.78 is 10.6. The summed E-state index contributed by atoms with van der Waals surface area (Å²) in [4.78, 5) is 38.3. The molecule has 33 heavy (non-hydrogen) atoms. The number of methoxy groups -OCH3 is 2. The number of amides is 2. The number of nitro groups is 1. The van der Waals surface area contributed by atoms with Crippen molar-refractivity contribution in [3.05, 3.63) is 58.1 Å². The Balaban J connectivity index is 1.63. The third-order valence-electron chi connectivity index (χ3n) is 5.55. The molecule has 0 saturated carbocycles. The molecule has 2 N–H and O–H groups in total. The van der Waals surface area contributed by atoms with Gasteiger partial charge >= 0.3 is 6.09 Å². The molecule has 1 fully saturated rings. The summed E-state index contributed by atoms with van der Waals surface area (Å²) in [6.07, 6.45) is -1.36. The van der Waals surface area contributed by atoms with E-state index in [0.29, 0.717) is 43.2 Å². The fourth-order valence-corrected chi connectivity index (χ4v) is 3.77. The van der Waals surface area contributed by atoms with Crippen molar-refractivity contribution in [1.82, 2.24) is 10.2 Å². The van der Waals surface area contributed by atoms with Crippen molar-refractivity contribution in [3.8, 4) is 11.5 Å². The lowest BCUT2D eigenvalue weighted by Crippen LogP contribution is -2.49. The molecule has 3 rings (SSSR count).